The van der Waals surface area contributed by atoms with Gasteiger partial charge in [0.1, 0.15) is 11.5 Å². The fraction of sp³-hybridized carbons (Fsp3) is 0.0909. The average molecular weight is 297 g/mol. The zero-order chi connectivity index (χ0) is 12.4. The van der Waals surface area contributed by atoms with Crippen LogP contribution in [0.25, 0.3) is 11.3 Å². The maximum absolute atomic E-state index is 10.8. The van der Waals surface area contributed by atoms with E-state index < -0.39 is 4.92 Å². The molecule has 0 bridgehead atoms. The van der Waals surface area contributed by atoms with Gasteiger partial charge < -0.3 is 10.2 Å². The molecule has 1 aromatic heterocycles. The molecule has 2 aromatic rings. The van der Waals surface area contributed by atoms with Crippen LogP contribution in [0, 0.1) is 10.1 Å². The van der Waals surface area contributed by atoms with Crippen molar-refractivity contribution in [2.45, 2.75) is 6.54 Å². The molecule has 2 rings (SSSR count). The van der Waals surface area contributed by atoms with Crippen molar-refractivity contribution < 1.29 is 9.34 Å². The Balaban J connectivity index is 2.46. The van der Waals surface area contributed by atoms with Crippen molar-refractivity contribution in [3.63, 3.8) is 0 Å². The second-order valence-electron chi connectivity index (χ2n) is 3.39. The van der Waals surface area contributed by atoms with E-state index in [1.807, 2.05) is 0 Å². The first kappa shape index (κ1) is 11.8. The predicted octanol–water partition coefficient (Wildman–Crippen LogP) is 3.08. The molecule has 0 fully saturated rings. The molecule has 0 unspecified atom stereocenters. The molecule has 0 amide bonds. The zero-order valence-electron chi connectivity index (χ0n) is 8.72. The van der Waals surface area contributed by atoms with E-state index in [4.69, 9.17) is 10.2 Å². The summed E-state index contributed by atoms with van der Waals surface area (Å²) in [6, 6.07) is 8.33. The van der Waals surface area contributed by atoms with Crippen LogP contribution in [0.15, 0.2) is 39.2 Å². The van der Waals surface area contributed by atoms with Crippen LogP contribution in [-0.2, 0) is 6.54 Å². The molecule has 1 aromatic carbocycles. The van der Waals surface area contributed by atoms with Gasteiger partial charge >= 0.3 is 0 Å². The van der Waals surface area contributed by atoms with Crippen LogP contribution in [0.5, 0.6) is 0 Å². The molecule has 2 N–H and O–H groups in total. The molecule has 0 aliphatic heterocycles. The topological polar surface area (TPSA) is 82.3 Å². The molecule has 6 heteroatoms. The van der Waals surface area contributed by atoms with E-state index in [0.717, 1.165) is 0 Å². The van der Waals surface area contributed by atoms with Crippen LogP contribution in [0.4, 0.5) is 5.69 Å². The Hall–Kier alpha value is -1.66. The lowest BCUT2D eigenvalue weighted by Gasteiger charge is -1.99. The Kier molecular flexibility index (Phi) is 3.26. The highest BCUT2D eigenvalue weighted by atomic mass is 79.9. The molecular formula is C11H9BrN2O3. The standard InChI is InChI=1S/C11H9BrN2O3/c12-9-3-1-7(5-10(9)14(15)16)11-4-2-8(6-13)17-11/h1-5H,6,13H2. The molecule has 1 heterocycles. The van der Waals surface area contributed by atoms with E-state index in [2.05, 4.69) is 15.9 Å². The maximum atomic E-state index is 10.8. The molecule has 0 aliphatic rings. The maximum Gasteiger partial charge on any atom is 0.284 e. The third-order valence-electron chi connectivity index (χ3n) is 2.29. The van der Waals surface area contributed by atoms with Gasteiger partial charge in [-0.2, -0.15) is 0 Å². The van der Waals surface area contributed by atoms with Crippen molar-refractivity contribution in [2.24, 2.45) is 5.73 Å². The molecule has 0 atom stereocenters. The SMILES string of the molecule is NCc1ccc(-c2ccc(Br)c([N+](=O)[O-])c2)o1. The van der Waals surface area contributed by atoms with Crippen LogP contribution in [0.1, 0.15) is 5.76 Å². The van der Waals surface area contributed by atoms with Gasteiger partial charge in [-0.1, -0.05) is 0 Å². The van der Waals surface area contributed by atoms with E-state index in [1.165, 1.54) is 6.07 Å². The Bertz CT molecular complexity index is 566. The summed E-state index contributed by atoms with van der Waals surface area (Å²) in [4.78, 5) is 10.3. The minimum Gasteiger partial charge on any atom is -0.460 e. The Morgan fingerprint density at radius 2 is 2.12 bits per heavy atom. The van der Waals surface area contributed by atoms with Crippen LogP contribution in [0.2, 0.25) is 0 Å². The van der Waals surface area contributed by atoms with Crippen LogP contribution in [-0.4, -0.2) is 4.92 Å². The summed E-state index contributed by atoms with van der Waals surface area (Å²) in [5.74, 6) is 1.21. The smallest absolute Gasteiger partial charge is 0.284 e. The van der Waals surface area contributed by atoms with E-state index in [1.54, 1.807) is 24.3 Å². The Labute approximate surface area is 106 Å². The van der Waals surface area contributed by atoms with Crippen molar-refractivity contribution >= 4 is 21.6 Å². The molecule has 0 aliphatic carbocycles. The number of furan rings is 1. The minimum atomic E-state index is -0.444. The second-order valence-corrected chi connectivity index (χ2v) is 4.25. The van der Waals surface area contributed by atoms with E-state index in [-0.39, 0.29) is 5.69 Å². The van der Waals surface area contributed by atoms with Crippen LogP contribution in [0.3, 0.4) is 0 Å². The number of halogens is 1. The number of hydrogen-bond donors (Lipinski definition) is 1. The van der Waals surface area contributed by atoms with Gasteiger partial charge in [-0.15, -0.1) is 0 Å². The number of nitrogens with two attached hydrogens (primary N) is 1. The van der Waals surface area contributed by atoms with Gasteiger partial charge in [0.25, 0.3) is 5.69 Å². The Morgan fingerprint density at radius 1 is 1.35 bits per heavy atom. The quantitative estimate of drug-likeness (QED) is 0.697. The van der Waals surface area contributed by atoms with Crippen molar-refractivity contribution in [1.29, 1.82) is 0 Å². The minimum absolute atomic E-state index is 0.00759. The molecular weight excluding hydrogens is 288 g/mol. The van der Waals surface area contributed by atoms with Gasteiger partial charge in [0, 0.05) is 11.6 Å². The van der Waals surface area contributed by atoms with Gasteiger partial charge in [0.05, 0.1) is 15.9 Å². The number of nitro groups is 1. The molecule has 17 heavy (non-hydrogen) atoms. The molecule has 0 radical (unpaired) electrons. The van der Waals surface area contributed by atoms with E-state index in [9.17, 15) is 10.1 Å². The molecule has 5 nitrogen and oxygen atoms in total. The fourth-order valence-corrected chi connectivity index (χ4v) is 1.84. The number of nitro benzene ring substituents is 1. The fourth-order valence-electron chi connectivity index (χ4n) is 1.45. The lowest BCUT2D eigenvalue weighted by Crippen LogP contribution is -1.92. The first-order valence-electron chi connectivity index (χ1n) is 4.85. The number of rotatable bonds is 3. The third kappa shape index (κ3) is 2.37. The highest BCUT2D eigenvalue weighted by molar-refractivity contribution is 9.10. The highest BCUT2D eigenvalue weighted by Crippen LogP contribution is 2.31. The summed E-state index contributed by atoms with van der Waals surface area (Å²) in [5, 5.41) is 10.8. The zero-order valence-corrected chi connectivity index (χ0v) is 10.3. The summed E-state index contributed by atoms with van der Waals surface area (Å²) < 4.78 is 5.87. The molecule has 88 valence electrons. The third-order valence-corrected chi connectivity index (χ3v) is 2.96. The number of benzene rings is 1. The second kappa shape index (κ2) is 4.68. The summed E-state index contributed by atoms with van der Waals surface area (Å²) in [7, 11) is 0. The van der Waals surface area contributed by atoms with Gasteiger partial charge in [-0.3, -0.25) is 10.1 Å². The largest absolute Gasteiger partial charge is 0.460 e. The predicted molar refractivity (Wildman–Crippen MR) is 66.4 cm³/mol. The lowest BCUT2D eigenvalue weighted by atomic mass is 10.1. The molecule has 0 saturated carbocycles. The van der Waals surface area contributed by atoms with Crippen molar-refractivity contribution in [3.8, 4) is 11.3 Å². The van der Waals surface area contributed by atoms with Gasteiger partial charge in [-0.05, 0) is 40.2 Å². The van der Waals surface area contributed by atoms with E-state index >= 15 is 0 Å². The van der Waals surface area contributed by atoms with Crippen molar-refractivity contribution in [1.82, 2.24) is 0 Å². The number of nitrogens with zero attached hydrogens (tertiary/aromatic N) is 1. The monoisotopic (exact) mass is 296 g/mol. The average Bonchev–Trinajstić information content (AvgIpc) is 2.78. The number of hydrogen-bond acceptors (Lipinski definition) is 4. The van der Waals surface area contributed by atoms with Gasteiger partial charge in [0.15, 0.2) is 0 Å². The summed E-state index contributed by atoms with van der Waals surface area (Å²) in [5.41, 5.74) is 6.09. The summed E-state index contributed by atoms with van der Waals surface area (Å²) in [6.07, 6.45) is 0. The first-order valence-corrected chi connectivity index (χ1v) is 5.64. The van der Waals surface area contributed by atoms with Crippen molar-refractivity contribution in [2.75, 3.05) is 0 Å². The van der Waals surface area contributed by atoms with Crippen LogP contribution >= 0.6 is 15.9 Å². The first-order chi connectivity index (χ1) is 8.11. The van der Waals surface area contributed by atoms with E-state index in [0.29, 0.717) is 28.1 Å². The van der Waals surface area contributed by atoms with Crippen molar-refractivity contribution in [3.05, 3.63) is 50.7 Å². The van der Waals surface area contributed by atoms with Crippen LogP contribution < -0.4 is 5.73 Å². The van der Waals surface area contributed by atoms with Gasteiger partial charge in [-0.25, -0.2) is 0 Å². The summed E-state index contributed by atoms with van der Waals surface area (Å²) in [6.45, 7) is 0.304. The summed E-state index contributed by atoms with van der Waals surface area (Å²) >= 11 is 3.13. The van der Waals surface area contributed by atoms with Gasteiger partial charge in [0.2, 0.25) is 0 Å². The highest BCUT2D eigenvalue weighted by Gasteiger charge is 2.14. The molecule has 0 saturated heterocycles. The molecule has 0 spiro atoms. The Morgan fingerprint density at radius 3 is 2.71 bits per heavy atom. The lowest BCUT2D eigenvalue weighted by molar-refractivity contribution is -0.385. The normalized spacial score (nSPS) is 10.5.